The summed E-state index contributed by atoms with van der Waals surface area (Å²) in [6.45, 7) is 2.44. The van der Waals surface area contributed by atoms with Crippen molar-refractivity contribution in [1.82, 2.24) is 14.9 Å². The molecule has 8 heteroatoms. The summed E-state index contributed by atoms with van der Waals surface area (Å²) >= 11 is 0. The number of ether oxygens (including phenoxy) is 2. The lowest BCUT2D eigenvalue weighted by Gasteiger charge is -2.20. The largest absolute Gasteiger partial charge is 0.493 e. The van der Waals surface area contributed by atoms with Crippen molar-refractivity contribution in [2.45, 2.75) is 19.4 Å². The standard InChI is InChI=1S/C22H24N4O4/c1-28-19-6-5-15(12-20(19)29-2)14-26-10-7-17-18(8-11-26)30-22(25-17)21(27)24-16-4-3-9-23-13-16/h3-6,9,12-13H,7-8,10-11,14H2,1-2H3,(H,24,27). The number of oxazole rings is 1. The molecular weight excluding hydrogens is 384 g/mol. The summed E-state index contributed by atoms with van der Waals surface area (Å²) in [5, 5.41) is 2.75. The SMILES string of the molecule is COc1ccc(CN2CCc3nc(C(=O)Nc4cccnc4)oc3CC2)cc1OC. The van der Waals surface area contributed by atoms with Crippen LogP contribution in [0.4, 0.5) is 5.69 Å². The Bertz CT molecular complexity index is 994. The van der Waals surface area contributed by atoms with E-state index in [4.69, 9.17) is 13.9 Å². The fourth-order valence-corrected chi connectivity index (χ4v) is 3.52. The normalized spacial score (nSPS) is 13.9. The van der Waals surface area contributed by atoms with E-state index in [0.717, 1.165) is 54.6 Å². The van der Waals surface area contributed by atoms with Crippen LogP contribution >= 0.6 is 0 Å². The zero-order chi connectivity index (χ0) is 20.9. The topological polar surface area (TPSA) is 89.7 Å². The molecule has 1 aromatic carbocycles. The van der Waals surface area contributed by atoms with Crippen molar-refractivity contribution < 1.29 is 18.7 Å². The summed E-state index contributed by atoms with van der Waals surface area (Å²) in [4.78, 5) is 23.2. The molecule has 1 amide bonds. The van der Waals surface area contributed by atoms with E-state index >= 15 is 0 Å². The quantitative estimate of drug-likeness (QED) is 0.671. The number of hydrogen-bond acceptors (Lipinski definition) is 7. The average Bonchev–Trinajstić information content (AvgIpc) is 3.10. The Morgan fingerprint density at radius 2 is 2.00 bits per heavy atom. The van der Waals surface area contributed by atoms with Crippen LogP contribution in [0.5, 0.6) is 11.5 Å². The number of rotatable bonds is 6. The third kappa shape index (κ3) is 4.44. The average molecular weight is 408 g/mol. The predicted molar refractivity (Wildman–Crippen MR) is 111 cm³/mol. The molecule has 3 heterocycles. The summed E-state index contributed by atoms with van der Waals surface area (Å²) in [6, 6.07) is 9.49. The Hall–Kier alpha value is -3.39. The molecule has 0 atom stereocenters. The van der Waals surface area contributed by atoms with Gasteiger partial charge in [0.05, 0.1) is 31.8 Å². The number of anilines is 1. The molecule has 0 fully saturated rings. The molecule has 0 saturated carbocycles. The Balaban J connectivity index is 1.39. The van der Waals surface area contributed by atoms with Crippen molar-refractivity contribution in [1.29, 1.82) is 0 Å². The van der Waals surface area contributed by atoms with Gasteiger partial charge in [0.2, 0.25) is 0 Å². The van der Waals surface area contributed by atoms with E-state index in [0.29, 0.717) is 12.1 Å². The molecule has 3 aromatic rings. The maximum absolute atomic E-state index is 12.4. The zero-order valence-electron chi connectivity index (χ0n) is 17.1. The van der Waals surface area contributed by atoms with Gasteiger partial charge in [0, 0.05) is 38.7 Å². The van der Waals surface area contributed by atoms with Crippen molar-refractivity contribution in [3.8, 4) is 11.5 Å². The van der Waals surface area contributed by atoms with E-state index in [1.807, 2.05) is 18.2 Å². The number of nitrogens with one attached hydrogen (secondary N) is 1. The predicted octanol–water partition coefficient (Wildman–Crippen LogP) is 2.94. The number of methoxy groups -OCH3 is 2. The van der Waals surface area contributed by atoms with Gasteiger partial charge in [-0.15, -0.1) is 0 Å². The van der Waals surface area contributed by atoms with Crippen molar-refractivity contribution in [2.24, 2.45) is 0 Å². The Morgan fingerprint density at radius 3 is 2.77 bits per heavy atom. The number of pyridine rings is 1. The highest BCUT2D eigenvalue weighted by molar-refractivity contribution is 6.00. The summed E-state index contributed by atoms with van der Waals surface area (Å²) in [5.41, 5.74) is 2.61. The van der Waals surface area contributed by atoms with Gasteiger partial charge in [0.1, 0.15) is 5.76 Å². The minimum atomic E-state index is -0.363. The second kappa shape index (κ2) is 8.96. The number of carbonyl (C=O) groups excluding carboxylic acids is 1. The second-order valence-corrected chi connectivity index (χ2v) is 7.05. The Kier molecular flexibility index (Phi) is 5.94. The monoisotopic (exact) mass is 408 g/mol. The molecule has 0 bridgehead atoms. The molecule has 156 valence electrons. The highest BCUT2D eigenvalue weighted by atomic mass is 16.5. The molecule has 0 spiro atoms. The number of carbonyl (C=O) groups is 1. The van der Waals surface area contributed by atoms with Gasteiger partial charge in [0.15, 0.2) is 11.5 Å². The summed E-state index contributed by atoms with van der Waals surface area (Å²) < 4.78 is 16.5. The number of fused-ring (bicyclic) bond motifs is 1. The van der Waals surface area contributed by atoms with Gasteiger partial charge in [-0.2, -0.15) is 0 Å². The molecule has 0 saturated heterocycles. The minimum absolute atomic E-state index is 0.0946. The Labute approximate surface area is 174 Å². The summed E-state index contributed by atoms with van der Waals surface area (Å²) in [7, 11) is 3.27. The molecule has 0 unspecified atom stereocenters. The maximum atomic E-state index is 12.4. The highest BCUT2D eigenvalue weighted by Crippen LogP contribution is 2.28. The molecule has 8 nitrogen and oxygen atoms in total. The van der Waals surface area contributed by atoms with Crippen LogP contribution in [0.1, 0.15) is 27.7 Å². The number of amides is 1. The van der Waals surface area contributed by atoms with Gasteiger partial charge in [-0.25, -0.2) is 4.98 Å². The number of aromatic nitrogens is 2. The number of benzene rings is 1. The lowest BCUT2D eigenvalue weighted by Crippen LogP contribution is -2.26. The number of hydrogen-bond donors (Lipinski definition) is 1. The fraction of sp³-hybridized carbons (Fsp3) is 0.318. The van der Waals surface area contributed by atoms with Crippen LogP contribution < -0.4 is 14.8 Å². The smallest absolute Gasteiger partial charge is 0.311 e. The van der Waals surface area contributed by atoms with Crippen LogP contribution in [-0.4, -0.2) is 48.1 Å². The first-order valence-electron chi connectivity index (χ1n) is 9.79. The van der Waals surface area contributed by atoms with Gasteiger partial charge in [0.25, 0.3) is 5.89 Å². The van der Waals surface area contributed by atoms with Crippen molar-refractivity contribution in [3.05, 3.63) is 65.6 Å². The van der Waals surface area contributed by atoms with Gasteiger partial charge in [-0.1, -0.05) is 6.07 Å². The van der Waals surface area contributed by atoms with Crippen LogP contribution in [-0.2, 0) is 19.4 Å². The van der Waals surface area contributed by atoms with Gasteiger partial charge >= 0.3 is 5.91 Å². The zero-order valence-corrected chi connectivity index (χ0v) is 17.1. The van der Waals surface area contributed by atoms with E-state index in [-0.39, 0.29) is 11.8 Å². The van der Waals surface area contributed by atoms with E-state index in [1.54, 1.807) is 38.7 Å². The fourth-order valence-electron chi connectivity index (χ4n) is 3.52. The van der Waals surface area contributed by atoms with Crippen LogP contribution in [0, 0.1) is 0 Å². The summed E-state index contributed by atoms with van der Waals surface area (Å²) in [6.07, 6.45) is 4.66. The Morgan fingerprint density at radius 1 is 1.17 bits per heavy atom. The van der Waals surface area contributed by atoms with Crippen LogP contribution in [0.25, 0.3) is 0 Å². The molecule has 0 radical (unpaired) electrons. The second-order valence-electron chi connectivity index (χ2n) is 7.05. The molecule has 1 aliphatic rings. The van der Waals surface area contributed by atoms with Crippen molar-refractivity contribution in [3.63, 3.8) is 0 Å². The highest BCUT2D eigenvalue weighted by Gasteiger charge is 2.23. The molecule has 30 heavy (non-hydrogen) atoms. The third-order valence-electron chi connectivity index (χ3n) is 5.07. The maximum Gasteiger partial charge on any atom is 0.311 e. The van der Waals surface area contributed by atoms with E-state index < -0.39 is 0 Å². The molecule has 0 aliphatic carbocycles. The van der Waals surface area contributed by atoms with Crippen molar-refractivity contribution in [2.75, 3.05) is 32.6 Å². The summed E-state index contributed by atoms with van der Waals surface area (Å²) in [5.74, 6) is 1.96. The van der Waals surface area contributed by atoms with Crippen molar-refractivity contribution >= 4 is 11.6 Å². The molecule has 2 aromatic heterocycles. The molecule has 1 aliphatic heterocycles. The molecule has 1 N–H and O–H groups in total. The van der Waals surface area contributed by atoms with Crippen LogP contribution in [0.2, 0.25) is 0 Å². The van der Waals surface area contributed by atoms with Gasteiger partial charge in [-0.3, -0.25) is 14.7 Å². The first kappa shape index (κ1) is 19.9. The molecule has 4 rings (SSSR count). The van der Waals surface area contributed by atoms with E-state index in [9.17, 15) is 4.79 Å². The number of nitrogens with zero attached hydrogens (tertiary/aromatic N) is 3. The third-order valence-corrected chi connectivity index (χ3v) is 5.07. The van der Waals surface area contributed by atoms with Crippen LogP contribution in [0.3, 0.4) is 0 Å². The first-order chi connectivity index (χ1) is 14.7. The lowest BCUT2D eigenvalue weighted by molar-refractivity contribution is 0.0988. The van der Waals surface area contributed by atoms with Gasteiger partial charge in [-0.05, 0) is 29.8 Å². The minimum Gasteiger partial charge on any atom is -0.493 e. The van der Waals surface area contributed by atoms with Gasteiger partial charge < -0.3 is 19.2 Å². The van der Waals surface area contributed by atoms with Crippen LogP contribution in [0.15, 0.2) is 47.1 Å². The van der Waals surface area contributed by atoms with E-state index in [2.05, 4.69) is 20.2 Å². The first-order valence-corrected chi connectivity index (χ1v) is 9.79. The van der Waals surface area contributed by atoms with E-state index in [1.165, 1.54) is 0 Å². The lowest BCUT2D eigenvalue weighted by atomic mass is 10.2. The molecular formula is C22H24N4O4.